The van der Waals surface area contributed by atoms with Crippen molar-refractivity contribution in [2.24, 2.45) is 5.92 Å². The molecule has 160 valence electrons. The number of ether oxygens (including phenoxy) is 1. The standard InChI is InChI=1S/C26H23F3O2/c1-31-15-16-2-4-18(5-3-16)21-11-10-20(14-23(21)27)17-6-8-19(9-7-17)22-12-13-24(30)26(29)25(22)28/h4,6-14,16,30H,2-3,5,15H2,1H3. The van der Waals surface area contributed by atoms with Crippen molar-refractivity contribution in [3.8, 4) is 28.0 Å². The SMILES string of the molecule is COCC1CC=C(c2ccc(-c3ccc(-c4ccc(O)c(F)c4F)cc3)cc2F)CC1. The summed E-state index contributed by atoms with van der Waals surface area (Å²) >= 11 is 0. The van der Waals surface area contributed by atoms with Crippen molar-refractivity contribution < 1.29 is 23.0 Å². The zero-order valence-corrected chi connectivity index (χ0v) is 17.2. The first kappa shape index (κ1) is 21.2. The monoisotopic (exact) mass is 424 g/mol. The summed E-state index contributed by atoms with van der Waals surface area (Å²) in [7, 11) is 1.70. The van der Waals surface area contributed by atoms with Gasteiger partial charge >= 0.3 is 0 Å². The number of hydrogen-bond acceptors (Lipinski definition) is 2. The molecule has 0 saturated carbocycles. The van der Waals surface area contributed by atoms with Crippen LogP contribution in [0.5, 0.6) is 5.75 Å². The Labute approximate surface area is 179 Å². The normalized spacial score (nSPS) is 16.3. The molecule has 1 unspecified atom stereocenters. The average Bonchev–Trinajstić information content (AvgIpc) is 2.79. The number of benzene rings is 3. The van der Waals surface area contributed by atoms with Gasteiger partial charge in [-0.05, 0) is 65.6 Å². The van der Waals surface area contributed by atoms with Gasteiger partial charge in [-0.3, -0.25) is 0 Å². The molecule has 0 heterocycles. The molecule has 1 N–H and O–H groups in total. The van der Waals surface area contributed by atoms with Crippen LogP contribution in [-0.2, 0) is 4.74 Å². The Balaban J connectivity index is 1.56. The Kier molecular flexibility index (Phi) is 6.14. The second kappa shape index (κ2) is 8.98. The highest BCUT2D eigenvalue weighted by Crippen LogP contribution is 2.34. The molecule has 2 nitrogen and oxygen atoms in total. The molecule has 0 fully saturated rings. The van der Waals surface area contributed by atoms with Crippen LogP contribution >= 0.6 is 0 Å². The van der Waals surface area contributed by atoms with Crippen molar-refractivity contribution in [2.45, 2.75) is 19.3 Å². The molecule has 0 spiro atoms. The number of methoxy groups -OCH3 is 1. The predicted octanol–water partition coefficient (Wildman–Crippen LogP) is 6.97. The lowest BCUT2D eigenvalue weighted by Crippen LogP contribution is -2.11. The number of phenolic OH excluding ortho intramolecular Hbond substituents is 1. The van der Waals surface area contributed by atoms with E-state index in [1.54, 1.807) is 37.4 Å². The summed E-state index contributed by atoms with van der Waals surface area (Å²) in [6.45, 7) is 0.724. The fourth-order valence-electron chi connectivity index (χ4n) is 4.08. The maximum atomic E-state index is 14.9. The minimum atomic E-state index is -1.27. The molecule has 0 bridgehead atoms. The van der Waals surface area contributed by atoms with Gasteiger partial charge in [0.05, 0.1) is 0 Å². The Morgan fingerprint density at radius 2 is 1.55 bits per heavy atom. The first-order valence-corrected chi connectivity index (χ1v) is 10.2. The van der Waals surface area contributed by atoms with E-state index in [0.717, 1.165) is 43.1 Å². The van der Waals surface area contributed by atoms with Gasteiger partial charge in [0.1, 0.15) is 5.82 Å². The van der Waals surface area contributed by atoms with Gasteiger partial charge in [0.15, 0.2) is 11.6 Å². The van der Waals surface area contributed by atoms with Gasteiger partial charge < -0.3 is 9.84 Å². The number of hydrogen-bond donors (Lipinski definition) is 1. The topological polar surface area (TPSA) is 29.5 Å². The minimum Gasteiger partial charge on any atom is -0.505 e. The summed E-state index contributed by atoms with van der Waals surface area (Å²) in [6, 6.07) is 14.4. The Bertz CT molecular complexity index is 1120. The highest BCUT2D eigenvalue weighted by Gasteiger charge is 2.18. The molecule has 0 amide bonds. The van der Waals surface area contributed by atoms with Gasteiger partial charge in [-0.1, -0.05) is 42.5 Å². The second-order valence-corrected chi connectivity index (χ2v) is 7.86. The van der Waals surface area contributed by atoms with Crippen LogP contribution < -0.4 is 0 Å². The van der Waals surface area contributed by atoms with Gasteiger partial charge in [-0.25, -0.2) is 8.78 Å². The van der Waals surface area contributed by atoms with E-state index >= 15 is 0 Å². The third-order valence-corrected chi connectivity index (χ3v) is 5.83. The van der Waals surface area contributed by atoms with E-state index in [1.807, 2.05) is 6.07 Å². The van der Waals surface area contributed by atoms with Crippen LogP contribution in [0, 0.1) is 23.4 Å². The van der Waals surface area contributed by atoms with Crippen LogP contribution in [0.4, 0.5) is 13.2 Å². The quantitative estimate of drug-likeness (QED) is 0.479. The number of halogens is 3. The molecule has 1 atom stereocenters. The predicted molar refractivity (Wildman–Crippen MR) is 116 cm³/mol. The number of aromatic hydroxyl groups is 1. The highest BCUT2D eigenvalue weighted by atomic mass is 19.2. The molecule has 0 aromatic heterocycles. The smallest absolute Gasteiger partial charge is 0.200 e. The van der Waals surface area contributed by atoms with Crippen LogP contribution in [0.1, 0.15) is 24.8 Å². The summed E-state index contributed by atoms with van der Waals surface area (Å²) in [5.74, 6) is -2.89. The van der Waals surface area contributed by atoms with Crippen molar-refractivity contribution >= 4 is 5.57 Å². The van der Waals surface area contributed by atoms with E-state index in [9.17, 15) is 18.3 Å². The molecule has 0 saturated heterocycles. The van der Waals surface area contributed by atoms with Crippen molar-refractivity contribution in [3.63, 3.8) is 0 Å². The number of rotatable bonds is 5. The fraction of sp³-hybridized carbons (Fsp3) is 0.231. The van der Waals surface area contributed by atoms with Crippen LogP contribution in [0.3, 0.4) is 0 Å². The van der Waals surface area contributed by atoms with Crippen LogP contribution in [0.25, 0.3) is 27.8 Å². The molecular weight excluding hydrogens is 401 g/mol. The third kappa shape index (κ3) is 4.37. The van der Waals surface area contributed by atoms with E-state index in [-0.39, 0.29) is 11.4 Å². The molecule has 1 aliphatic carbocycles. The summed E-state index contributed by atoms with van der Waals surface area (Å²) in [5, 5.41) is 9.28. The molecule has 1 aliphatic rings. The molecule has 3 aromatic rings. The van der Waals surface area contributed by atoms with Gasteiger partial charge in [0.2, 0.25) is 5.82 Å². The molecule has 0 aliphatic heterocycles. The Morgan fingerprint density at radius 3 is 2.19 bits per heavy atom. The first-order chi connectivity index (χ1) is 15.0. The van der Waals surface area contributed by atoms with Gasteiger partial charge in [0, 0.05) is 24.8 Å². The van der Waals surface area contributed by atoms with E-state index in [0.29, 0.717) is 22.6 Å². The zero-order chi connectivity index (χ0) is 22.0. The highest BCUT2D eigenvalue weighted by molar-refractivity contribution is 5.74. The zero-order valence-electron chi connectivity index (χ0n) is 17.2. The number of phenols is 1. The molecule has 4 rings (SSSR count). The van der Waals surface area contributed by atoms with Crippen molar-refractivity contribution in [2.75, 3.05) is 13.7 Å². The Hall–Kier alpha value is -3.05. The van der Waals surface area contributed by atoms with Gasteiger partial charge in [-0.15, -0.1) is 0 Å². The first-order valence-electron chi connectivity index (χ1n) is 10.2. The van der Waals surface area contributed by atoms with E-state index < -0.39 is 17.4 Å². The van der Waals surface area contributed by atoms with Crippen molar-refractivity contribution in [3.05, 3.63) is 83.7 Å². The summed E-state index contributed by atoms with van der Waals surface area (Å²) in [6.07, 6.45) is 4.80. The van der Waals surface area contributed by atoms with Gasteiger partial charge in [-0.2, -0.15) is 4.39 Å². The maximum Gasteiger partial charge on any atom is 0.200 e. The molecule has 31 heavy (non-hydrogen) atoms. The van der Waals surface area contributed by atoms with Gasteiger partial charge in [0.25, 0.3) is 0 Å². The van der Waals surface area contributed by atoms with E-state index in [4.69, 9.17) is 4.74 Å². The molecular formula is C26H23F3O2. The van der Waals surface area contributed by atoms with Crippen molar-refractivity contribution in [1.82, 2.24) is 0 Å². The van der Waals surface area contributed by atoms with Crippen LogP contribution in [0.15, 0.2) is 60.7 Å². The summed E-state index contributed by atoms with van der Waals surface area (Å²) in [4.78, 5) is 0. The lowest BCUT2D eigenvalue weighted by Gasteiger charge is -2.21. The molecule has 5 heteroatoms. The maximum absolute atomic E-state index is 14.9. The summed E-state index contributed by atoms with van der Waals surface area (Å²) in [5.41, 5.74) is 3.65. The van der Waals surface area contributed by atoms with Crippen LogP contribution in [-0.4, -0.2) is 18.8 Å². The van der Waals surface area contributed by atoms with E-state index in [1.165, 1.54) is 12.1 Å². The minimum absolute atomic E-state index is 0.0550. The molecule has 0 radical (unpaired) electrons. The molecule has 3 aromatic carbocycles. The largest absolute Gasteiger partial charge is 0.505 e. The Morgan fingerprint density at radius 1 is 0.871 bits per heavy atom. The number of allylic oxidation sites excluding steroid dienone is 2. The average molecular weight is 424 g/mol. The third-order valence-electron chi connectivity index (χ3n) is 5.83. The second-order valence-electron chi connectivity index (χ2n) is 7.86. The fourth-order valence-corrected chi connectivity index (χ4v) is 4.08. The lowest BCUT2D eigenvalue weighted by atomic mass is 9.86. The van der Waals surface area contributed by atoms with E-state index in [2.05, 4.69) is 6.08 Å². The summed E-state index contributed by atoms with van der Waals surface area (Å²) < 4.78 is 47.8. The van der Waals surface area contributed by atoms with Crippen LogP contribution in [0.2, 0.25) is 0 Å². The lowest BCUT2D eigenvalue weighted by molar-refractivity contribution is 0.148. The van der Waals surface area contributed by atoms with Crippen molar-refractivity contribution in [1.29, 1.82) is 0 Å².